The number of benzene rings is 2. The van der Waals surface area contributed by atoms with Gasteiger partial charge in [-0.25, -0.2) is 4.79 Å². The van der Waals surface area contributed by atoms with E-state index in [1.54, 1.807) is 18.2 Å². The van der Waals surface area contributed by atoms with Crippen molar-refractivity contribution in [2.24, 2.45) is 0 Å². The van der Waals surface area contributed by atoms with E-state index in [-0.39, 0.29) is 22.1 Å². The molecule has 0 fully saturated rings. The van der Waals surface area contributed by atoms with Crippen molar-refractivity contribution in [3.05, 3.63) is 68.6 Å². The summed E-state index contributed by atoms with van der Waals surface area (Å²) in [7, 11) is 0. The largest absolute Gasteiger partial charge is 0.332 e. The number of rotatable bonds is 3. The molecule has 1 aromatic heterocycles. The van der Waals surface area contributed by atoms with Gasteiger partial charge < -0.3 is 15.3 Å². The molecule has 10 heteroatoms. The highest BCUT2D eigenvalue weighted by molar-refractivity contribution is 7.80. The molecule has 9 nitrogen and oxygen atoms in total. The normalized spacial score (nSPS) is 10.4. The van der Waals surface area contributed by atoms with Gasteiger partial charge in [-0.1, -0.05) is 0 Å². The lowest BCUT2D eigenvalue weighted by atomic mass is 10.2. The third kappa shape index (κ3) is 3.70. The number of nitrogens with zero attached hydrogens (tertiary/aromatic N) is 1. The first kappa shape index (κ1) is 16.3. The summed E-state index contributed by atoms with van der Waals surface area (Å²) in [4.78, 5) is 38.6. The topological polar surface area (TPSA) is 133 Å². The van der Waals surface area contributed by atoms with Crippen LogP contribution in [0.2, 0.25) is 0 Å². The van der Waals surface area contributed by atoms with Crippen LogP contribution in [0.4, 0.5) is 11.4 Å². The van der Waals surface area contributed by atoms with E-state index in [2.05, 4.69) is 20.6 Å². The van der Waals surface area contributed by atoms with Gasteiger partial charge >= 0.3 is 5.69 Å². The Balaban J connectivity index is 1.67. The molecule has 25 heavy (non-hydrogen) atoms. The number of carbonyl (C=O) groups is 1. The summed E-state index contributed by atoms with van der Waals surface area (Å²) in [6.45, 7) is 0. The van der Waals surface area contributed by atoms with Gasteiger partial charge in [-0.15, -0.1) is 0 Å². The average molecular weight is 357 g/mol. The van der Waals surface area contributed by atoms with Crippen LogP contribution < -0.4 is 16.3 Å². The lowest BCUT2D eigenvalue weighted by Crippen LogP contribution is -2.34. The van der Waals surface area contributed by atoms with Gasteiger partial charge in [0.2, 0.25) is 0 Å². The summed E-state index contributed by atoms with van der Waals surface area (Å²) in [6, 6.07) is 10.2. The van der Waals surface area contributed by atoms with Crippen LogP contribution in [0, 0.1) is 10.1 Å². The summed E-state index contributed by atoms with van der Waals surface area (Å²) in [5.41, 5.74) is 1.64. The Bertz CT molecular complexity index is 1040. The predicted octanol–water partition coefficient (Wildman–Crippen LogP) is 1.89. The number of thiocarbonyl (C=S) groups is 1. The van der Waals surface area contributed by atoms with Crippen LogP contribution in [0.15, 0.2) is 47.3 Å². The summed E-state index contributed by atoms with van der Waals surface area (Å²) in [6.07, 6.45) is 0. The van der Waals surface area contributed by atoms with E-state index in [4.69, 9.17) is 12.2 Å². The molecule has 2 aromatic carbocycles. The number of hydrogen-bond donors (Lipinski definition) is 4. The minimum absolute atomic E-state index is 0.0561. The van der Waals surface area contributed by atoms with Gasteiger partial charge in [0, 0.05) is 23.4 Å². The van der Waals surface area contributed by atoms with Gasteiger partial charge in [-0.3, -0.25) is 20.2 Å². The SMILES string of the molecule is O=C(NC(=S)Nc1ccc2[nH]c(=O)[nH]c2c1)c1ccc([N+](=O)[O-])cc1. The Labute approximate surface area is 145 Å². The average Bonchev–Trinajstić information content (AvgIpc) is 2.94. The molecule has 0 aliphatic rings. The zero-order valence-electron chi connectivity index (χ0n) is 12.5. The van der Waals surface area contributed by atoms with Crippen LogP contribution in [0.25, 0.3) is 11.0 Å². The first-order chi connectivity index (χ1) is 11.9. The number of aromatic nitrogens is 2. The van der Waals surface area contributed by atoms with Crippen LogP contribution in [0.3, 0.4) is 0 Å². The molecule has 1 amide bonds. The van der Waals surface area contributed by atoms with Crippen molar-refractivity contribution in [1.29, 1.82) is 0 Å². The third-order valence-electron chi connectivity index (χ3n) is 3.34. The lowest BCUT2D eigenvalue weighted by Gasteiger charge is -2.09. The molecule has 0 saturated carbocycles. The summed E-state index contributed by atoms with van der Waals surface area (Å²) >= 11 is 5.08. The van der Waals surface area contributed by atoms with Crippen LogP contribution >= 0.6 is 12.2 Å². The number of amides is 1. The second kappa shape index (κ2) is 6.53. The first-order valence-electron chi connectivity index (χ1n) is 7.01. The Morgan fingerprint density at radius 3 is 2.44 bits per heavy atom. The van der Waals surface area contributed by atoms with E-state index in [9.17, 15) is 19.7 Å². The number of fused-ring (bicyclic) bond motifs is 1. The zero-order chi connectivity index (χ0) is 18.0. The standard InChI is InChI=1S/C15H11N5O4S/c21-13(8-1-4-10(5-2-8)20(23)24)19-15(25)16-9-3-6-11-12(7-9)18-14(22)17-11/h1-7H,(H2,17,18,22)(H2,16,19,21,25). The lowest BCUT2D eigenvalue weighted by molar-refractivity contribution is -0.384. The zero-order valence-corrected chi connectivity index (χ0v) is 13.3. The number of aromatic amines is 2. The smallest absolute Gasteiger partial charge is 0.323 e. The molecule has 1 heterocycles. The quantitative estimate of drug-likeness (QED) is 0.321. The minimum Gasteiger partial charge on any atom is -0.332 e. The molecule has 0 saturated heterocycles. The van der Waals surface area contributed by atoms with Crippen LogP contribution in [-0.2, 0) is 0 Å². The summed E-state index contributed by atoms with van der Waals surface area (Å²) in [5.74, 6) is -0.497. The van der Waals surface area contributed by atoms with Crippen molar-refractivity contribution in [2.75, 3.05) is 5.32 Å². The number of anilines is 1. The van der Waals surface area contributed by atoms with Crippen LogP contribution in [0.5, 0.6) is 0 Å². The molecule has 0 aliphatic carbocycles. The number of H-pyrrole nitrogens is 2. The molecule has 126 valence electrons. The van der Waals surface area contributed by atoms with Gasteiger partial charge in [0.05, 0.1) is 16.0 Å². The molecular formula is C15H11N5O4S. The number of nitrogens with one attached hydrogen (secondary N) is 4. The van der Waals surface area contributed by atoms with E-state index in [1.165, 1.54) is 24.3 Å². The van der Waals surface area contributed by atoms with Crippen molar-refractivity contribution < 1.29 is 9.72 Å². The number of carbonyl (C=O) groups excluding carboxylic acids is 1. The highest BCUT2D eigenvalue weighted by Crippen LogP contribution is 2.15. The summed E-state index contributed by atoms with van der Waals surface area (Å²) in [5, 5.41) is 16.0. The number of nitro groups is 1. The molecule has 0 atom stereocenters. The van der Waals surface area contributed by atoms with Gasteiger partial charge in [0.25, 0.3) is 11.6 Å². The Hall–Kier alpha value is -3.53. The number of nitro benzene ring substituents is 1. The van der Waals surface area contributed by atoms with Gasteiger partial charge in [0.15, 0.2) is 5.11 Å². The molecule has 4 N–H and O–H groups in total. The van der Waals surface area contributed by atoms with Crippen molar-refractivity contribution in [3.8, 4) is 0 Å². The third-order valence-corrected chi connectivity index (χ3v) is 3.55. The molecular weight excluding hydrogens is 346 g/mol. The highest BCUT2D eigenvalue weighted by Gasteiger charge is 2.11. The van der Waals surface area contributed by atoms with Crippen molar-refractivity contribution in [3.63, 3.8) is 0 Å². The molecule has 0 radical (unpaired) electrons. The highest BCUT2D eigenvalue weighted by atomic mass is 32.1. The Kier molecular flexibility index (Phi) is 4.27. The maximum atomic E-state index is 12.1. The van der Waals surface area contributed by atoms with Gasteiger partial charge in [-0.2, -0.15) is 0 Å². The second-order valence-corrected chi connectivity index (χ2v) is 5.46. The van der Waals surface area contributed by atoms with Gasteiger partial charge in [-0.05, 0) is 42.5 Å². The molecule has 0 spiro atoms. The van der Waals surface area contributed by atoms with Crippen molar-refractivity contribution in [1.82, 2.24) is 15.3 Å². The van der Waals surface area contributed by atoms with E-state index in [0.29, 0.717) is 16.7 Å². The first-order valence-corrected chi connectivity index (χ1v) is 7.42. The maximum absolute atomic E-state index is 12.1. The van der Waals surface area contributed by atoms with Crippen molar-refractivity contribution in [2.45, 2.75) is 0 Å². The fraction of sp³-hybridized carbons (Fsp3) is 0. The maximum Gasteiger partial charge on any atom is 0.323 e. The van der Waals surface area contributed by atoms with Crippen LogP contribution in [-0.4, -0.2) is 25.9 Å². The molecule has 0 aliphatic heterocycles. The molecule has 3 rings (SSSR count). The minimum atomic E-state index is -0.546. The van der Waals surface area contributed by atoms with E-state index < -0.39 is 10.8 Å². The fourth-order valence-electron chi connectivity index (χ4n) is 2.18. The Morgan fingerprint density at radius 2 is 1.76 bits per heavy atom. The number of non-ortho nitro benzene ring substituents is 1. The fourth-order valence-corrected chi connectivity index (χ4v) is 2.39. The van der Waals surface area contributed by atoms with E-state index in [0.717, 1.165) is 0 Å². The van der Waals surface area contributed by atoms with Gasteiger partial charge in [0.1, 0.15) is 0 Å². The Morgan fingerprint density at radius 1 is 1.08 bits per heavy atom. The van der Waals surface area contributed by atoms with E-state index in [1.807, 2.05) is 0 Å². The van der Waals surface area contributed by atoms with Crippen LogP contribution in [0.1, 0.15) is 10.4 Å². The molecule has 0 bridgehead atoms. The molecule has 0 unspecified atom stereocenters. The molecule has 3 aromatic rings. The van der Waals surface area contributed by atoms with E-state index >= 15 is 0 Å². The predicted molar refractivity (Wildman–Crippen MR) is 95.7 cm³/mol. The monoisotopic (exact) mass is 357 g/mol. The van der Waals surface area contributed by atoms with Crippen molar-refractivity contribution >= 4 is 45.6 Å². The summed E-state index contributed by atoms with van der Waals surface area (Å²) < 4.78 is 0. The number of imidazole rings is 1. The number of hydrogen-bond acceptors (Lipinski definition) is 5. The second-order valence-electron chi connectivity index (χ2n) is 5.05.